The van der Waals surface area contributed by atoms with E-state index in [-0.39, 0.29) is 17.2 Å². The first kappa shape index (κ1) is 12.9. The third-order valence-corrected chi connectivity index (χ3v) is 3.01. The Balaban J connectivity index is 2.17. The van der Waals surface area contributed by atoms with Crippen LogP contribution in [0.5, 0.6) is 0 Å². The first-order chi connectivity index (χ1) is 8.70. The van der Waals surface area contributed by atoms with E-state index in [1.165, 1.54) is 6.92 Å². The van der Waals surface area contributed by atoms with Crippen molar-refractivity contribution in [2.45, 2.75) is 13.3 Å². The van der Waals surface area contributed by atoms with Gasteiger partial charge in [-0.05, 0) is 13.3 Å². The smallest absolute Gasteiger partial charge is 0.261 e. The number of aliphatic imine (C=N–C) groups is 1. The zero-order chi connectivity index (χ0) is 13.0. The molecule has 0 atom stereocenters. The van der Waals surface area contributed by atoms with Gasteiger partial charge >= 0.3 is 0 Å². The molecule has 0 radical (unpaired) electrons. The quantitative estimate of drug-likeness (QED) is 0.539. The van der Waals surface area contributed by atoms with Crippen LogP contribution in [0.1, 0.15) is 13.3 Å². The number of aliphatic hydroxyl groups excluding tert-OH is 1. The van der Waals surface area contributed by atoms with Crippen molar-refractivity contribution in [2.24, 2.45) is 4.99 Å². The predicted octanol–water partition coefficient (Wildman–Crippen LogP) is 0.0690. The number of aliphatic hydroxyl groups is 1. The Bertz CT molecular complexity index is 380. The number of nitrogens with one attached hydrogen (secondary N) is 1. The van der Waals surface area contributed by atoms with Gasteiger partial charge in [0.2, 0.25) is 0 Å². The lowest BCUT2D eigenvalue weighted by atomic mass is 10.1. The average Bonchev–Trinajstić information content (AvgIpc) is 2.40. The van der Waals surface area contributed by atoms with E-state index in [0.717, 1.165) is 13.0 Å². The summed E-state index contributed by atoms with van der Waals surface area (Å²) < 4.78 is 5.22. The van der Waals surface area contributed by atoms with Crippen LogP contribution in [0.3, 0.4) is 0 Å². The zero-order valence-electron chi connectivity index (χ0n) is 10.6. The Labute approximate surface area is 106 Å². The number of carbonyl (C=O) groups is 1. The maximum absolute atomic E-state index is 12.4. The molecule has 2 aliphatic heterocycles. The van der Waals surface area contributed by atoms with E-state index < -0.39 is 0 Å². The molecule has 1 amide bonds. The van der Waals surface area contributed by atoms with Crippen molar-refractivity contribution in [2.75, 3.05) is 39.4 Å². The van der Waals surface area contributed by atoms with Gasteiger partial charge in [0.15, 0.2) is 0 Å². The third kappa shape index (κ3) is 2.81. The fraction of sp³-hybridized carbons (Fsp3) is 0.667. The summed E-state index contributed by atoms with van der Waals surface area (Å²) in [5.74, 6) is 0.351. The fourth-order valence-electron chi connectivity index (χ4n) is 2.05. The molecule has 0 aromatic heterocycles. The van der Waals surface area contributed by atoms with Crippen LogP contribution < -0.4 is 5.32 Å². The Morgan fingerprint density at radius 1 is 1.44 bits per heavy atom. The normalized spacial score (nSPS) is 21.8. The maximum atomic E-state index is 12.4. The molecule has 2 N–H and O–H groups in total. The number of morpholine rings is 1. The van der Waals surface area contributed by atoms with Gasteiger partial charge in [0.25, 0.3) is 5.91 Å². The lowest BCUT2D eigenvalue weighted by molar-refractivity contribution is -0.130. The number of amidine groups is 1. The van der Waals surface area contributed by atoms with Gasteiger partial charge in [-0.25, -0.2) is 0 Å². The summed E-state index contributed by atoms with van der Waals surface area (Å²) in [6, 6.07) is 0. The summed E-state index contributed by atoms with van der Waals surface area (Å²) in [7, 11) is 0. The predicted molar refractivity (Wildman–Crippen MR) is 67.6 cm³/mol. The summed E-state index contributed by atoms with van der Waals surface area (Å²) in [5.41, 5.74) is 0.289. The molecule has 2 aliphatic rings. The van der Waals surface area contributed by atoms with Crippen LogP contribution in [0, 0.1) is 0 Å². The SMILES string of the molecule is C/C(O)=C(/C(=O)N1CCOCC1)C1=NCCCN1. The molecular formula is C12H19N3O3. The first-order valence-electron chi connectivity index (χ1n) is 6.25. The van der Waals surface area contributed by atoms with Crippen molar-refractivity contribution >= 4 is 11.7 Å². The van der Waals surface area contributed by atoms with Gasteiger partial charge in [0, 0.05) is 26.2 Å². The highest BCUT2D eigenvalue weighted by atomic mass is 16.5. The van der Waals surface area contributed by atoms with E-state index in [4.69, 9.17) is 4.74 Å². The molecule has 1 fully saturated rings. The maximum Gasteiger partial charge on any atom is 0.261 e. The van der Waals surface area contributed by atoms with Crippen LogP contribution in [0.15, 0.2) is 16.3 Å². The number of ether oxygens (including phenoxy) is 1. The molecule has 2 heterocycles. The monoisotopic (exact) mass is 253 g/mol. The lowest BCUT2D eigenvalue weighted by Gasteiger charge is -2.28. The van der Waals surface area contributed by atoms with Gasteiger partial charge in [-0.2, -0.15) is 0 Å². The Hall–Kier alpha value is -1.56. The van der Waals surface area contributed by atoms with Gasteiger partial charge in [0.1, 0.15) is 17.2 Å². The van der Waals surface area contributed by atoms with Gasteiger partial charge in [-0.1, -0.05) is 0 Å². The minimum Gasteiger partial charge on any atom is -0.512 e. The number of carbonyl (C=O) groups excluding carboxylic acids is 1. The van der Waals surface area contributed by atoms with E-state index in [9.17, 15) is 9.90 Å². The van der Waals surface area contributed by atoms with E-state index >= 15 is 0 Å². The number of amides is 1. The molecule has 2 rings (SSSR count). The molecule has 6 nitrogen and oxygen atoms in total. The largest absolute Gasteiger partial charge is 0.512 e. The molecule has 0 aliphatic carbocycles. The minimum atomic E-state index is -0.175. The summed E-state index contributed by atoms with van der Waals surface area (Å²) >= 11 is 0. The fourth-order valence-corrected chi connectivity index (χ4v) is 2.05. The van der Waals surface area contributed by atoms with Crippen molar-refractivity contribution in [3.63, 3.8) is 0 Å². The second-order valence-electron chi connectivity index (χ2n) is 4.38. The van der Waals surface area contributed by atoms with Gasteiger partial charge in [-0.3, -0.25) is 9.79 Å². The number of hydrogen-bond donors (Lipinski definition) is 2. The highest BCUT2D eigenvalue weighted by Gasteiger charge is 2.26. The molecule has 100 valence electrons. The van der Waals surface area contributed by atoms with Crippen molar-refractivity contribution in [1.82, 2.24) is 10.2 Å². The zero-order valence-corrected chi connectivity index (χ0v) is 10.6. The molecule has 0 bridgehead atoms. The topological polar surface area (TPSA) is 74.2 Å². The molecule has 0 aromatic rings. The Morgan fingerprint density at radius 2 is 2.17 bits per heavy atom. The van der Waals surface area contributed by atoms with Crippen LogP contribution in [0.25, 0.3) is 0 Å². The number of hydrogen-bond acceptors (Lipinski definition) is 5. The van der Waals surface area contributed by atoms with Crippen LogP contribution in [0.4, 0.5) is 0 Å². The van der Waals surface area contributed by atoms with Crippen LogP contribution >= 0.6 is 0 Å². The van der Waals surface area contributed by atoms with E-state index in [0.29, 0.717) is 38.7 Å². The van der Waals surface area contributed by atoms with E-state index in [2.05, 4.69) is 10.3 Å². The molecule has 1 saturated heterocycles. The third-order valence-electron chi connectivity index (χ3n) is 3.01. The standard InChI is InChI=1S/C12H19N3O3/c1-9(16)10(11-13-3-2-4-14-11)12(17)15-5-7-18-8-6-15/h16H,2-8H2,1H3,(H,13,14)/b10-9-. The van der Waals surface area contributed by atoms with Crippen molar-refractivity contribution in [3.05, 3.63) is 11.3 Å². The van der Waals surface area contributed by atoms with Gasteiger partial charge in [-0.15, -0.1) is 0 Å². The van der Waals surface area contributed by atoms with Crippen LogP contribution in [0.2, 0.25) is 0 Å². The van der Waals surface area contributed by atoms with Crippen molar-refractivity contribution < 1.29 is 14.6 Å². The van der Waals surface area contributed by atoms with Crippen LogP contribution in [-0.2, 0) is 9.53 Å². The minimum absolute atomic E-state index is 0.0136. The van der Waals surface area contributed by atoms with Crippen LogP contribution in [-0.4, -0.2) is 61.1 Å². The summed E-state index contributed by atoms with van der Waals surface area (Å²) in [6.45, 7) is 5.20. The summed E-state index contributed by atoms with van der Waals surface area (Å²) in [4.78, 5) is 18.3. The Kier molecular flexibility index (Phi) is 4.19. The Morgan fingerprint density at radius 3 is 2.72 bits per heavy atom. The van der Waals surface area contributed by atoms with Crippen molar-refractivity contribution in [1.29, 1.82) is 0 Å². The highest BCUT2D eigenvalue weighted by Crippen LogP contribution is 2.11. The first-order valence-corrected chi connectivity index (χ1v) is 6.25. The number of rotatable bonds is 2. The second kappa shape index (κ2) is 5.86. The molecule has 0 aromatic carbocycles. The highest BCUT2D eigenvalue weighted by molar-refractivity contribution is 6.21. The number of nitrogens with zero attached hydrogens (tertiary/aromatic N) is 2. The van der Waals surface area contributed by atoms with E-state index in [1.807, 2.05) is 0 Å². The van der Waals surface area contributed by atoms with Crippen molar-refractivity contribution in [3.8, 4) is 0 Å². The molecule has 6 heteroatoms. The molecule has 0 unspecified atom stereocenters. The molecule has 0 saturated carbocycles. The van der Waals surface area contributed by atoms with Gasteiger partial charge in [0.05, 0.1) is 13.2 Å². The molecule has 18 heavy (non-hydrogen) atoms. The summed E-state index contributed by atoms with van der Waals surface area (Å²) in [6.07, 6.45) is 0.951. The summed E-state index contributed by atoms with van der Waals surface area (Å²) in [5, 5.41) is 12.8. The van der Waals surface area contributed by atoms with E-state index in [1.54, 1.807) is 4.90 Å². The second-order valence-corrected chi connectivity index (χ2v) is 4.38. The van der Waals surface area contributed by atoms with Gasteiger partial charge < -0.3 is 20.1 Å². The molecule has 0 spiro atoms. The lowest BCUT2D eigenvalue weighted by Crippen LogP contribution is -2.45. The average molecular weight is 253 g/mol. The number of allylic oxidation sites excluding steroid dienone is 1. The molecular weight excluding hydrogens is 234 g/mol.